The molecule has 0 heterocycles. The van der Waals surface area contributed by atoms with Crippen LogP contribution < -0.4 is 5.73 Å². The Morgan fingerprint density at radius 2 is 1.82 bits per heavy atom. The van der Waals surface area contributed by atoms with E-state index >= 15 is 0 Å². The second-order valence-corrected chi connectivity index (χ2v) is 1.93. The molecule has 0 saturated carbocycles. The van der Waals surface area contributed by atoms with Crippen LogP contribution in [0.4, 0.5) is 0 Å². The maximum Gasteiger partial charge on any atom is 0.252 e. The van der Waals surface area contributed by atoms with E-state index in [-0.39, 0.29) is 11.4 Å². The largest absolute Gasteiger partial charge is 0.365 e. The molecule has 0 saturated heterocycles. The van der Waals surface area contributed by atoms with Crippen LogP contribution in [0.2, 0.25) is 0 Å². The number of hydrogen-bond acceptors (Lipinski definition) is 2. The van der Waals surface area contributed by atoms with Crippen LogP contribution in [-0.4, -0.2) is 11.7 Å². The summed E-state index contributed by atoms with van der Waals surface area (Å²) in [6, 6.07) is 0. The highest BCUT2D eigenvalue weighted by molar-refractivity contribution is 6.22. The first-order valence-corrected chi connectivity index (χ1v) is 3.26. The number of ketones is 1. The Bertz CT molecular complexity index is 226. The molecule has 0 unspecified atom stereocenters. The molecular formula is C8H11NO2. The lowest BCUT2D eigenvalue weighted by molar-refractivity contribution is -0.118. The van der Waals surface area contributed by atoms with Crippen LogP contribution >= 0.6 is 0 Å². The van der Waals surface area contributed by atoms with Crippen LogP contribution in [-0.2, 0) is 9.59 Å². The Hall–Kier alpha value is -1.38. The minimum Gasteiger partial charge on any atom is -0.365 e. The fourth-order valence-corrected chi connectivity index (χ4v) is 0.647. The van der Waals surface area contributed by atoms with Crippen molar-refractivity contribution in [2.45, 2.75) is 13.8 Å². The quantitative estimate of drug-likeness (QED) is 0.366. The lowest BCUT2D eigenvalue weighted by Gasteiger charge is -1.94. The Balaban J connectivity index is 4.55. The third kappa shape index (κ3) is 2.80. The van der Waals surface area contributed by atoms with Gasteiger partial charge in [0.2, 0.25) is 0 Å². The first-order chi connectivity index (χ1) is 5.13. The van der Waals surface area contributed by atoms with Gasteiger partial charge in [-0.15, -0.1) is 0 Å². The molecule has 60 valence electrons. The van der Waals surface area contributed by atoms with Crippen molar-refractivity contribution in [3.8, 4) is 0 Å². The van der Waals surface area contributed by atoms with Crippen molar-refractivity contribution in [1.29, 1.82) is 0 Å². The lowest BCUT2D eigenvalue weighted by Crippen LogP contribution is -2.19. The standard InChI is InChI=1S/C8H11NO2/c1-3-5-7(10)6(4-2)8(9)11/h3-5H,1-2H3,(H2,9,11)/b5-3-,6-4+. The van der Waals surface area contributed by atoms with Crippen molar-refractivity contribution in [3.05, 3.63) is 23.8 Å². The summed E-state index contributed by atoms with van der Waals surface area (Å²) >= 11 is 0. The first kappa shape index (κ1) is 9.62. The van der Waals surface area contributed by atoms with E-state index in [1.54, 1.807) is 19.9 Å². The molecule has 0 aromatic rings. The Kier molecular flexibility index (Phi) is 3.88. The van der Waals surface area contributed by atoms with Crippen LogP contribution in [0.5, 0.6) is 0 Å². The van der Waals surface area contributed by atoms with Crippen molar-refractivity contribution in [3.63, 3.8) is 0 Å². The Morgan fingerprint density at radius 3 is 2.09 bits per heavy atom. The molecule has 0 radical (unpaired) electrons. The highest BCUT2D eigenvalue weighted by Crippen LogP contribution is 1.95. The van der Waals surface area contributed by atoms with E-state index in [1.807, 2.05) is 0 Å². The molecule has 0 fully saturated rings. The number of allylic oxidation sites excluding steroid dienone is 3. The van der Waals surface area contributed by atoms with Gasteiger partial charge in [0.15, 0.2) is 5.78 Å². The maximum atomic E-state index is 11.0. The minimum atomic E-state index is -0.685. The summed E-state index contributed by atoms with van der Waals surface area (Å²) in [5, 5.41) is 0. The summed E-state index contributed by atoms with van der Waals surface area (Å²) in [5.41, 5.74) is 4.95. The molecule has 0 aliphatic rings. The average Bonchev–Trinajstić information content (AvgIpc) is 1.88. The van der Waals surface area contributed by atoms with E-state index in [0.717, 1.165) is 0 Å². The van der Waals surface area contributed by atoms with Crippen molar-refractivity contribution < 1.29 is 9.59 Å². The smallest absolute Gasteiger partial charge is 0.252 e. The third-order valence-electron chi connectivity index (χ3n) is 1.14. The second kappa shape index (κ2) is 4.44. The second-order valence-electron chi connectivity index (χ2n) is 1.93. The SMILES string of the molecule is C/C=C\C(=O)/C(=C\C)C(N)=O. The molecule has 2 N–H and O–H groups in total. The number of carbonyl (C=O) groups excluding carboxylic acids is 2. The van der Waals surface area contributed by atoms with Crippen molar-refractivity contribution in [2.75, 3.05) is 0 Å². The molecule has 0 aliphatic heterocycles. The molecule has 0 aromatic heterocycles. The molecule has 0 spiro atoms. The van der Waals surface area contributed by atoms with Gasteiger partial charge in [-0.25, -0.2) is 0 Å². The molecule has 0 bridgehead atoms. The molecule has 0 rings (SSSR count). The summed E-state index contributed by atoms with van der Waals surface area (Å²) in [5.74, 6) is -1.03. The molecule has 0 aromatic carbocycles. The topological polar surface area (TPSA) is 60.2 Å². The summed E-state index contributed by atoms with van der Waals surface area (Å²) in [7, 11) is 0. The van der Waals surface area contributed by atoms with Gasteiger partial charge in [0.05, 0.1) is 5.57 Å². The van der Waals surface area contributed by atoms with E-state index in [4.69, 9.17) is 5.73 Å². The van der Waals surface area contributed by atoms with E-state index in [1.165, 1.54) is 12.2 Å². The number of primary amides is 1. The van der Waals surface area contributed by atoms with Crippen molar-refractivity contribution in [1.82, 2.24) is 0 Å². The van der Waals surface area contributed by atoms with Crippen LogP contribution in [0.15, 0.2) is 23.8 Å². The first-order valence-electron chi connectivity index (χ1n) is 3.26. The number of carbonyl (C=O) groups is 2. The van der Waals surface area contributed by atoms with Crippen LogP contribution in [0.25, 0.3) is 0 Å². The van der Waals surface area contributed by atoms with E-state index in [0.29, 0.717) is 0 Å². The van der Waals surface area contributed by atoms with Gasteiger partial charge in [0, 0.05) is 0 Å². The van der Waals surface area contributed by atoms with Crippen LogP contribution in [0.1, 0.15) is 13.8 Å². The zero-order chi connectivity index (χ0) is 8.85. The highest BCUT2D eigenvalue weighted by Gasteiger charge is 2.09. The zero-order valence-electron chi connectivity index (χ0n) is 6.63. The average molecular weight is 153 g/mol. The summed E-state index contributed by atoms with van der Waals surface area (Å²) in [6.45, 7) is 3.30. The molecule has 3 nitrogen and oxygen atoms in total. The van der Waals surface area contributed by atoms with Crippen molar-refractivity contribution >= 4 is 11.7 Å². The van der Waals surface area contributed by atoms with Gasteiger partial charge in [0.1, 0.15) is 0 Å². The van der Waals surface area contributed by atoms with Gasteiger partial charge >= 0.3 is 0 Å². The molecule has 11 heavy (non-hydrogen) atoms. The van der Waals surface area contributed by atoms with Gasteiger partial charge in [-0.3, -0.25) is 9.59 Å². The maximum absolute atomic E-state index is 11.0. The summed E-state index contributed by atoms with van der Waals surface area (Å²) in [4.78, 5) is 21.5. The number of hydrogen-bond donors (Lipinski definition) is 1. The Morgan fingerprint density at radius 1 is 1.27 bits per heavy atom. The van der Waals surface area contributed by atoms with E-state index in [9.17, 15) is 9.59 Å². The zero-order valence-corrected chi connectivity index (χ0v) is 6.63. The number of nitrogens with two attached hydrogens (primary N) is 1. The molecular weight excluding hydrogens is 142 g/mol. The predicted octanol–water partition coefficient (Wildman–Crippen LogP) is 0.563. The van der Waals surface area contributed by atoms with Crippen LogP contribution in [0, 0.1) is 0 Å². The number of rotatable bonds is 3. The predicted molar refractivity (Wildman–Crippen MR) is 42.8 cm³/mol. The van der Waals surface area contributed by atoms with Gasteiger partial charge in [-0.2, -0.15) is 0 Å². The Labute approximate surface area is 65.6 Å². The fourth-order valence-electron chi connectivity index (χ4n) is 0.647. The van der Waals surface area contributed by atoms with E-state index < -0.39 is 5.91 Å². The normalized spacial score (nSPS) is 12.0. The molecule has 0 atom stereocenters. The minimum absolute atomic E-state index is 0.0306. The monoisotopic (exact) mass is 153 g/mol. The van der Waals surface area contributed by atoms with Gasteiger partial charge in [-0.05, 0) is 19.9 Å². The van der Waals surface area contributed by atoms with Gasteiger partial charge < -0.3 is 5.73 Å². The third-order valence-corrected chi connectivity index (χ3v) is 1.14. The summed E-state index contributed by atoms with van der Waals surface area (Å²) < 4.78 is 0. The van der Waals surface area contributed by atoms with Gasteiger partial charge in [0.25, 0.3) is 5.91 Å². The highest BCUT2D eigenvalue weighted by atomic mass is 16.2. The van der Waals surface area contributed by atoms with Gasteiger partial charge in [-0.1, -0.05) is 12.2 Å². The molecule has 3 heteroatoms. The lowest BCUT2D eigenvalue weighted by atomic mass is 10.1. The van der Waals surface area contributed by atoms with E-state index in [2.05, 4.69) is 0 Å². The molecule has 1 amide bonds. The summed E-state index contributed by atoms with van der Waals surface area (Å²) in [6.07, 6.45) is 4.28. The van der Waals surface area contributed by atoms with Crippen LogP contribution in [0.3, 0.4) is 0 Å². The molecule has 0 aliphatic carbocycles. The van der Waals surface area contributed by atoms with Crippen molar-refractivity contribution in [2.24, 2.45) is 5.73 Å². The fraction of sp³-hybridized carbons (Fsp3) is 0.250. The number of amides is 1.